The fourth-order valence-corrected chi connectivity index (χ4v) is 3.46. The van der Waals surface area contributed by atoms with Gasteiger partial charge in [-0.05, 0) is 43.5 Å². The molecule has 29 heavy (non-hydrogen) atoms. The Morgan fingerprint density at radius 1 is 0.966 bits per heavy atom. The van der Waals surface area contributed by atoms with Gasteiger partial charge in [0.05, 0.1) is 14.2 Å². The summed E-state index contributed by atoms with van der Waals surface area (Å²) < 4.78 is 16.0. The van der Waals surface area contributed by atoms with Crippen LogP contribution in [0.2, 0.25) is 0 Å². The first-order chi connectivity index (χ1) is 14.2. The summed E-state index contributed by atoms with van der Waals surface area (Å²) in [6.07, 6.45) is 3.30. The van der Waals surface area contributed by atoms with Gasteiger partial charge in [-0.15, -0.1) is 0 Å². The monoisotopic (exact) mass is 393 g/mol. The van der Waals surface area contributed by atoms with Crippen molar-refractivity contribution in [1.82, 2.24) is 15.0 Å². The third-order valence-electron chi connectivity index (χ3n) is 5.04. The average molecular weight is 393 g/mol. The van der Waals surface area contributed by atoms with Crippen molar-refractivity contribution in [1.29, 1.82) is 0 Å². The quantitative estimate of drug-likeness (QED) is 0.651. The summed E-state index contributed by atoms with van der Waals surface area (Å²) in [5, 5.41) is 4.09. The summed E-state index contributed by atoms with van der Waals surface area (Å²) in [6.45, 7) is 1.63. The number of amides is 1. The highest BCUT2D eigenvalue weighted by molar-refractivity contribution is 5.95. The van der Waals surface area contributed by atoms with Gasteiger partial charge in [0.15, 0.2) is 0 Å². The Hall–Kier alpha value is -3.35. The van der Waals surface area contributed by atoms with Crippen molar-refractivity contribution in [2.45, 2.75) is 19.3 Å². The third-order valence-corrected chi connectivity index (χ3v) is 5.04. The smallest absolute Gasteiger partial charge is 0.258 e. The molecule has 4 rings (SSSR count). The van der Waals surface area contributed by atoms with Crippen LogP contribution in [0.1, 0.15) is 29.6 Å². The number of piperidine rings is 1. The Bertz CT molecular complexity index is 987. The molecule has 0 unspecified atom stereocenters. The van der Waals surface area contributed by atoms with Crippen LogP contribution in [0, 0.1) is 0 Å². The van der Waals surface area contributed by atoms with Crippen LogP contribution in [-0.4, -0.2) is 48.3 Å². The summed E-state index contributed by atoms with van der Waals surface area (Å²) in [5.41, 5.74) is 2.07. The van der Waals surface area contributed by atoms with Gasteiger partial charge in [0, 0.05) is 35.8 Å². The minimum Gasteiger partial charge on any atom is -0.497 e. The minimum atomic E-state index is 0.0489. The summed E-state index contributed by atoms with van der Waals surface area (Å²) in [5.74, 6) is 2.09. The zero-order valence-corrected chi connectivity index (χ0v) is 16.6. The van der Waals surface area contributed by atoms with Crippen LogP contribution >= 0.6 is 0 Å². The fourth-order valence-electron chi connectivity index (χ4n) is 3.46. The molecular formula is C22H23N3O4. The zero-order valence-electron chi connectivity index (χ0n) is 16.6. The van der Waals surface area contributed by atoms with E-state index in [0.717, 1.165) is 31.5 Å². The molecule has 1 saturated heterocycles. The lowest BCUT2D eigenvalue weighted by atomic mass is 10.1. The van der Waals surface area contributed by atoms with E-state index in [2.05, 4.69) is 10.1 Å². The molecule has 1 aliphatic heterocycles. The SMILES string of the molecule is COc1cc(OC)cc(-c2nc(-c3cccc(C(=O)N4CCCCC4)c3)no2)c1. The van der Waals surface area contributed by atoms with E-state index in [-0.39, 0.29) is 5.91 Å². The molecule has 0 spiro atoms. The molecule has 1 amide bonds. The second-order valence-corrected chi connectivity index (χ2v) is 6.96. The molecule has 2 aromatic carbocycles. The van der Waals surface area contributed by atoms with Crippen molar-refractivity contribution < 1.29 is 18.8 Å². The summed E-state index contributed by atoms with van der Waals surface area (Å²) >= 11 is 0. The van der Waals surface area contributed by atoms with Gasteiger partial charge in [0.25, 0.3) is 11.8 Å². The lowest BCUT2D eigenvalue weighted by Crippen LogP contribution is -2.35. The summed E-state index contributed by atoms with van der Waals surface area (Å²) in [6, 6.07) is 12.7. The van der Waals surface area contributed by atoms with Gasteiger partial charge in [-0.3, -0.25) is 4.79 Å². The Morgan fingerprint density at radius 2 is 1.69 bits per heavy atom. The Kier molecular flexibility index (Phi) is 5.46. The maximum absolute atomic E-state index is 12.8. The lowest BCUT2D eigenvalue weighted by Gasteiger charge is -2.26. The number of likely N-dealkylation sites (tertiary alicyclic amines) is 1. The molecule has 0 radical (unpaired) electrons. The van der Waals surface area contributed by atoms with Crippen LogP contribution in [0.5, 0.6) is 11.5 Å². The van der Waals surface area contributed by atoms with Gasteiger partial charge in [-0.1, -0.05) is 17.3 Å². The number of hydrogen-bond donors (Lipinski definition) is 0. The van der Waals surface area contributed by atoms with E-state index in [1.165, 1.54) is 6.42 Å². The van der Waals surface area contributed by atoms with Gasteiger partial charge in [0.1, 0.15) is 11.5 Å². The van der Waals surface area contributed by atoms with Gasteiger partial charge >= 0.3 is 0 Å². The van der Waals surface area contributed by atoms with Crippen molar-refractivity contribution in [3.8, 4) is 34.3 Å². The van der Waals surface area contributed by atoms with Crippen LogP contribution < -0.4 is 9.47 Å². The molecule has 0 N–H and O–H groups in total. The number of carbonyl (C=O) groups is 1. The molecule has 1 aromatic heterocycles. The van der Waals surface area contributed by atoms with Crippen molar-refractivity contribution in [3.63, 3.8) is 0 Å². The number of carbonyl (C=O) groups excluding carboxylic acids is 1. The predicted molar refractivity (Wildman–Crippen MR) is 108 cm³/mol. The van der Waals surface area contributed by atoms with E-state index < -0.39 is 0 Å². The van der Waals surface area contributed by atoms with E-state index >= 15 is 0 Å². The topological polar surface area (TPSA) is 77.7 Å². The van der Waals surface area contributed by atoms with E-state index in [4.69, 9.17) is 14.0 Å². The van der Waals surface area contributed by atoms with Crippen molar-refractivity contribution in [2.24, 2.45) is 0 Å². The highest BCUT2D eigenvalue weighted by atomic mass is 16.5. The van der Waals surface area contributed by atoms with Gasteiger partial charge in [-0.2, -0.15) is 4.98 Å². The van der Waals surface area contributed by atoms with E-state index in [1.54, 1.807) is 32.4 Å². The molecule has 1 aliphatic rings. The standard InChI is InChI=1S/C22H23N3O4/c1-27-18-12-17(13-19(14-18)28-2)21-23-20(24-29-21)15-7-6-8-16(11-15)22(26)25-9-4-3-5-10-25/h6-8,11-14H,3-5,9-10H2,1-2H3. The van der Waals surface area contributed by atoms with Crippen LogP contribution in [-0.2, 0) is 0 Å². The van der Waals surface area contributed by atoms with Crippen LogP contribution in [0.15, 0.2) is 47.0 Å². The van der Waals surface area contributed by atoms with Crippen LogP contribution in [0.3, 0.4) is 0 Å². The molecule has 2 heterocycles. The van der Waals surface area contributed by atoms with E-state index in [9.17, 15) is 4.79 Å². The average Bonchev–Trinajstić information content (AvgIpc) is 3.29. The largest absolute Gasteiger partial charge is 0.497 e. The minimum absolute atomic E-state index is 0.0489. The number of benzene rings is 2. The fraction of sp³-hybridized carbons (Fsp3) is 0.318. The first-order valence-electron chi connectivity index (χ1n) is 9.65. The van der Waals surface area contributed by atoms with Gasteiger partial charge in [-0.25, -0.2) is 0 Å². The molecule has 1 fully saturated rings. The summed E-state index contributed by atoms with van der Waals surface area (Å²) in [7, 11) is 3.17. The molecule has 150 valence electrons. The predicted octanol–water partition coefficient (Wildman–Crippen LogP) is 4.05. The number of nitrogens with zero attached hydrogens (tertiary/aromatic N) is 3. The second-order valence-electron chi connectivity index (χ2n) is 6.96. The number of aromatic nitrogens is 2. The molecule has 3 aromatic rings. The van der Waals surface area contributed by atoms with E-state index in [1.807, 2.05) is 29.2 Å². The molecule has 0 atom stereocenters. The maximum Gasteiger partial charge on any atom is 0.258 e. The van der Waals surface area contributed by atoms with Crippen molar-refractivity contribution in [3.05, 3.63) is 48.0 Å². The zero-order chi connectivity index (χ0) is 20.2. The van der Waals surface area contributed by atoms with Crippen LogP contribution in [0.25, 0.3) is 22.8 Å². The Morgan fingerprint density at radius 3 is 2.38 bits per heavy atom. The highest BCUT2D eigenvalue weighted by Crippen LogP contribution is 2.30. The molecule has 0 saturated carbocycles. The number of ether oxygens (including phenoxy) is 2. The lowest BCUT2D eigenvalue weighted by molar-refractivity contribution is 0.0724. The number of rotatable bonds is 5. The normalized spacial score (nSPS) is 13.9. The van der Waals surface area contributed by atoms with Gasteiger partial charge in [0.2, 0.25) is 5.82 Å². The highest BCUT2D eigenvalue weighted by Gasteiger charge is 2.19. The third kappa shape index (κ3) is 4.08. The first-order valence-corrected chi connectivity index (χ1v) is 9.65. The number of hydrogen-bond acceptors (Lipinski definition) is 6. The number of methoxy groups -OCH3 is 2. The molecular weight excluding hydrogens is 370 g/mol. The van der Waals surface area contributed by atoms with Crippen molar-refractivity contribution >= 4 is 5.91 Å². The van der Waals surface area contributed by atoms with Gasteiger partial charge < -0.3 is 18.9 Å². The first kappa shape index (κ1) is 19.0. The van der Waals surface area contributed by atoms with Crippen molar-refractivity contribution in [2.75, 3.05) is 27.3 Å². The molecule has 7 heteroatoms. The molecule has 7 nitrogen and oxygen atoms in total. The Labute approximate surface area is 169 Å². The molecule has 0 aliphatic carbocycles. The van der Waals surface area contributed by atoms with E-state index in [0.29, 0.717) is 34.3 Å². The second kappa shape index (κ2) is 8.34. The van der Waals surface area contributed by atoms with Crippen LogP contribution in [0.4, 0.5) is 0 Å². The summed E-state index contributed by atoms with van der Waals surface area (Å²) in [4.78, 5) is 19.2. The maximum atomic E-state index is 12.8. The molecule has 0 bridgehead atoms. The Balaban J connectivity index is 1.61.